The molecule has 2 rings (SSSR count). The van der Waals surface area contributed by atoms with Crippen molar-refractivity contribution in [3.63, 3.8) is 0 Å². The second-order valence-electron chi connectivity index (χ2n) is 5.87. The second-order valence-corrected chi connectivity index (χ2v) is 5.87. The van der Waals surface area contributed by atoms with Crippen molar-refractivity contribution in [2.24, 2.45) is 5.73 Å². The van der Waals surface area contributed by atoms with Crippen molar-refractivity contribution in [2.75, 3.05) is 26.7 Å². The number of carbonyl (C=O) groups excluding carboxylic acids is 1. The number of benzene rings is 1. The molecule has 1 unspecified atom stereocenters. The first-order valence-corrected chi connectivity index (χ1v) is 8.01. The molecule has 5 nitrogen and oxygen atoms in total. The Morgan fingerprint density at radius 1 is 1.21 bits per heavy atom. The number of nitrogens with two attached hydrogens (primary N) is 1. The predicted molar refractivity (Wildman–Crippen MR) is 102 cm³/mol. The number of nitrogens with zero attached hydrogens (tertiary/aromatic N) is 1. The Morgan fingerprint density at radius 3 is 2.33 bits per heavy atom. The van der Waals surface area contributed by atoms with Crippen molar-refractivity contribution in [3.05, 3.63) is 35.4 Å². The van der Waals surface area contributed by atoms with Gasteiger partial charge in [0.05, 0.1) is 12.5 Å². The van der Waals surface area contributed by atoms with E-state index in [1.165, 1.54) is 31.5 Å². The summed E-state index contributed by atoms with van der Waals surface area (Å²) in [5, 5.41) is 2.91. The molecule has 0 bridgehead atoms. The molecule has 1 saturated heterocycles. The standard InChI is InChI=1S/C17H27N3O2.2ClH/c1-22-16(11-18)10-17(21)19-12-14-4-6-15(7-5-14)13-20-8-2-3-9-20;;/h4-7,16H,2-3,8-13,18H2,1H3,(H,19,21);2*1H. The molecule has 0 aliphatic carbocycles. The van der Waals surface area contributed by atoms with Crippen LogP contribution < -0.4 is 11.1 Å². The van der Waals surface area contributed by atoms with Crippen molar-refractivity contribution >= 4 is 30.7 Å². The van der Waals surface area contributed by atoms with Gasteiger partial charge < -0.3 is 15.8 Å². The van der Waals surface area contributed by atoms with Crippen LogP contribution in [0, 0.1) is 0 Å². The van der Waals surface area contributed by atoms with Gasteiger partial charge >= 0.3 is 0 Å². The molecular formula is C17H29Cl2N3O2. The van der Waals surface area contributed by atoms with Crippen LogP contribution in [0.25, 0.3) is 0 Å². The lowest BCUT2D eigenvalue weighted by atomic mass is 10.1. The summed E-state index contributed by atoms with van der Waals surface area (Å²) in [5.41, 5.74) is 7.96. The topological polar surface area (TPSA) is 67.6 Å². The summed E-state index contributed by atoms with van der Waals surface area (Å²) in [4.78, 5) is 14.3. The Bertz CT molecular complexity index is 461. The molecular weight excluding hydrogens is 349 g/mol. The smallest absolute Gasteiger partial charge is 0.222 e. The lowest BCUT2D eigenvalue weighted by Crippen LogP contribution is -2.31. The van der Waals surface area contributed by atoms with Gasteiger partial charge in [-0.25, -0.2) is 0 Å². The van der Waals surface area contributed by atoms with E-state index in [4.69, 9.17) is 10.5 Å². The highest BCUT2D eigenvalue weighted by atomic mass is 35.5. The highest BCUT2D eigenvalue weighted by Gasteiger charge is 2.12. The summed E-state index contributed by atoms with van der Waals surface area (Å²) >= 11 is 0. The number of methoxy groups -OCH3 is 1. The van der Waals surface area contributed by atoms with Crippen LogP contribution in [0.15, 0.2) is 24.3 Å². The van der Waals surface area contributed by atoms with Crippen LogP contribution in [0.4, 0.5) is 0 Å². The van der Waals surface area contributed by atoms with E-state index in [9.17, 15) is 4.79 Å². The highest BCUT2D eigenvalue weighted by Crippen LogP contribution is 2.13. The monoisotopic (exact) mass is 377 g/mol. The van der Waals surface area contributed by atoms with Gasteiger partial charge in [-0.15, -0.1) is 24.8 Å². The minimum Gasteiger partial charge on any atom is -0.380 e. The van der Waals surface area contributed by atoms with Crippen molar-refractivity contribution in [2.45, 2.75) is 38.5 Å². The molecule has 1 aliphatic heterocycles. The zero-order valence-electron chi connectivity index (χ0n) is 14.2. The molecule has 0 aromatic heterocycles. The van der Waals surface area contributed by atoms with Crippen LogP contribution >= 0.6 is 24.8 Å². The lowest BCUT2D eigenvalue weighted by Gasteiger charge is -2.15. The van der Waals surface area contributed by atoms with Gasteiger partial charge in [0.15, 0.2) is 0 Å². The van der Waals surface area contributed by atoms with E-state index >= 15 is 0 Å². The first kappa shape index (κ1) is 23.1. The van der Waals surface area contributed by atoms with Gasteiger partial charge in [-0.2, -0.15) is 0 Å². The maximum atomic E-state index is 11.8. The quantitative estimate of drug-likeness (QED) is 0.727. The van der Waals surface area contributed by atoms with Gasteiger partial charge in [-0.05, 0) is 37.1 Å². The van der Waals surface area contributed by atoms with E-state index in [0.717, 1.165) is 12.1 Å². The summed E-state index contributed by atoms with van der Waals surface area (Å²) in [6.45, 7) is 4.34. The van der Waals surface area contributed by atoms with E-state index in [-0.39, 0.29) is 36.8 Å². The molecule has 0 radical (unpaired) electrons. The lowest BCUT2D eigenvalue weighted by molar-refractivity contribution is -0.123. The molecule has 0 spiro atoms. The van der Waals surface area contributed by atoms with Crippen molar-refractivity contribution < 1.29 is 9.53 Å². The molecule has 1 aromatic carbocycles. The highest BCUT2D eigenvalue weighted by molar-refractivity contribution is 5.85. The van der Waals surface area contributed by atoms with Crippen LogP contribution in [0.3, 0.4) is 0 Å². The number of likely N-dealkylation sites (tertiary alicyclic amines) is 1. The van der Waals surface area contributed by atoms with E-state index in [0.29, 0.717) is 19.5 Å². The van der Waals surface area contributed by atoms with Gasteiger partial charge in [-0.1, -0.05) is 24.3 Å². The average Bonchev–Trinajstić information content (AvgIpc) is 3.05. The minimum atomic E-state index is -0.206. The molecule has 1 aliphatic rings. The zero-order chi connectivity index (χ0) is 15.8. The maximum Gasteiger partial charge on any atom is 0.222 e. The Hall–Kier alpha value is -0.850. The number of carbonyl (C=O) groups is 1. The van der Waals surface area contributed by atoms with Gasteiger partial charge in [-0.3, -0.25) is 9.69 Å². The van der Waals surface area contributed by atoms with Crippen LogP contribution in [0.2, 0.25) is 0 Å². The molecule has 138 valence electrons. The third-order valence-corrected chi connectivity index (χ3v) is 4.13. The summed E-state index contributed by atoms with van der Waals surface area (Å²) in [5.74, 6) is -0.0292. The second kappa shape index (κ2) is 12.5. The SMILES string of the molecule is COC(CN)CC(=O)NCc1ccc(CN2CCCC2)cc1.Cl.Cl. The fourth-order valence-corrected chi connectivity index (χ4v) is 2.70. The first-order chi connectivity index (χ1) is 10.7. The Morgan fingerprint density at radius 2 is 1.79 bits per heavy atom. The predicted octanol–water partition coefficient (Wildman–Crippen LogP) is 2.11. The number of rotatable bonds is 8. The molecule has 1 amide bonds. The molecule has 24 heavy (non-hydrogen) atoms. The third kappa shape index (κ3) is 7.81. The number of ether oxygens (including phenoxy) is 1. The third-order valence-electron chi connectivity index (χ3n) is 4.13. The van der Waals surface area contributed by atoms with Crippen molar-refractivity contribution in [1.29, 1.82) is 0 Å². The van der Waals surface area contributed by atoms with Crippen LogP contribution in [0.1, 0.15) is 30.4 Å². The van der Waals surface area contributed by atoms with Gasteiger partial charge in [0.25, 0.3) is 0 Å². The van der Waals surface area contributed by atoms with E-state index < -0.39 is 0 Å². The Labute approximate surface area is 157 Å². The Balaban J connectivity index is 0.00000264. The molecule has 1 heterocycles. The summed E-state index contributed by atoms with van der Waals surface area (Å²) in [6.07, 6.45) is 2.73. The minimum absolute atomic E-state index is 0. The van der Waals surface area contributed by atoms with Crippen molar-refractivity contribution in [1.82, 2.24) is 10.2 Å². The molecule has 1 fully saturated rings. The zero-order valence-corrected chi connectivity index (χ0v) is 15.8. The maximum absolute atomic E-state index is 11.8. The van der Waals surface area contributed by atoms with Crippen molar-refractivity contribution in [3.8, 4) is 0 Å². The van der Waals surface area contributed by atoms with Crippen LogP contribution in [-0.4, -0.2) is 43.7 Å². The summed E-state index contributed by atoms with van der Waals surface area (Å²) in [6, 6.07) is 8.47. The number of hydrogen-bond acceptors (Lipinski definition) is 4. The Kier molecular flexibility index (Phi) is 12.1. The molecule has 1 atom stereocenters. The van der Waals surface area contributed by atoms with Crippen LogP contribution in [-0.2, 0) is 22.6 Å². The van der Waals surface area contributed by atoms with Gasteiger partial charge in [0, 0.05) is 26.7 Å². The number of hydrogen-bond donors (Lipinski definition) is 2. The first-order valence-electron chi connectivity index (χ1n) is 8.01. The molecule has 0 saturated carbocycles. The van der Waals surface area contributed by atoms with E-state index in [2.05, 4.69) is 34.5 Å². The number of halogens is 2. The summed E-state index contributed by atoms with van der Waals surface area (Å²) < 4.78 is 5.11. The average molecular weight is 378 g/mol. The molecule has 7 heteroatoms. The number of nitrogens with one attached hydrogen (secondary N) is 1. The van der Waals surface area contributed by atoms with Gasteiger partial charge in [0.2, 0.25) is 5.91 Å². The van der Waals surface area contributed by atoms with E-state index in [1.807, 2.05) is 0 Å². The molecule has 3 N–H and O–H groups in total. The normalized spacial score (nSPS) is 15.2. The van der Waals surface area contributed by atoms with Crippen LogP contribution in [0.5, 0.6) is 0 Å². The summed E-state index contributed by atoms with van der Waals surface area (Å²) in [7, 11) is 1.57. The van der Waals surface area contributed by atoms with E-state index in [1.54, 1.807) is 7.11 Å². The fourth-order valence-electron chi connectivity index (χ4n) is 2.70. The largest absolute Gasteiger partial charge is 0.380 e. The fraction of sp³-hybridized carbons (Fsp3) is 0.588. The molecule has 1 aromatic rings. The van der Waals surface area contributed by atoms with Gasteiger partial charge in [0.1, 0.15) is 0 Å². The number of amides is 1.